The molecule has 3 aromatic carbocycles. The maximum atomic E-state index is 13.6. The summed E-state index contributed by atoms with van der Waals surface area (Å²) in [5.41, 5.74) is 8.51. The number of aryl methyl sites for hydroxylation is 1. The molecule has 8 nitrogen and oxygen atoms in total. The van der Waals surface area contributed by atoms with Gasteiger partial charge in [-0.2, -0.15) is 0 Å². The Hall–Kier alpha value is -3.18. The van der Waals surface area contributed by atoms with Gasteiger partial charge in [-0.25, -0.2) is 0 Å². The molecule has 39 heavy (non-hydrogen) atoms. The van der Waals surface area contributed by atoms with Crippen LogP contribution >= 0.6 is 22.6 Å². The zero-order chi connectivity index (χ0) is 27.8. The van der Waals surface area contributed by atoms with Crippen molar-refractivity contribution in [3.05, 3.63) is 80.9 Å². The first-order valence-corrected chi connectivity index (χ1v) is 14.5. The van der Waals surface area contributed by atoms with Crippen LogP contribution in [0.2, 0.25) is 0 Å². The van der Waals surface area contributed by atoms with E-state index in [0.717, 1.165) is 23.6 Å². The molecule has 0 bridgehead atoms. The Bertz CT molecular complexity index is 1330. The first-order valence-electron chi connectivity index (χ1n) is 13.4. The molecule has 3 aromatic rings. The zero-order valence-electron chi connectivity index (χ0n) is 22.3. The molecule has 9 heteroatoms. The maximum absolute atomic E-state index is 13.6. The molecule has 6 N–H and O–H groups in total. The maximum Gasteiger partial charge on any atom is 0.251 e. The second kappa shape index (κ2) is 13.7. The topological polar surface area (TPSA) is 123 Å². The number of hydrogen-bond donors (Lipinski definition) is 5. The number of benzene rings is 3. The fraction of sp³-hybridized carbons (Fsp3) is 0.367. The molecule has 0 saturated carbocycles. The van der Waals surface area contributed by atoms with E-state index in [9.17, 15) is 9.59 Å². The molecule has 2 amide bonds. The van der Waals surface area contributed by atoms with Crippen molar-refractivity contribution in [1.82, 2.24) is 20.9 Å². The SMILES string of the molecule is Cc1ccc(CCN2CC[C@@H](CNC(=O)c3ccc4ccccc4c3)N[C@@H](CCCNC(=N)N)C2=O)c(I)c1. The molecular formula is C30H37IN6O2. The Morgan fingerprint density at radius 3 is 2.69 bits per heavy atom. The van der Waals surface area contributed by atoms with Gasteiger partial charge in [-0.3, -0.25) is 15.0 Å². The van der Waals surface area contributed by atoms with Gasteiger partial charge in [0.2, 0.25) is 5.91 Å². The molecule has 0 aliphatic carbocycles. The third-order valence-corrected chi connectivity index (χ3v) is 8.16. The number of rotatable bonds is 10. The van der Waals surface area contributed by atoms with E-state index in [1.807, 2.05) is 47.4 Å². The van der Waals surface area contributed by atoms with Crippen LogP contribution in [-0.4, -0.2) is 60.9 Å². The van der Waals surface area contributed by atoms with E-state index in [4.69, 9.17) is 11.1 Å². The van der Waals surface area contributed by atoms with Gasteiger partial charge < -0.3 is 26.6 Å². The minimum Gasteiger partial charge on any atom is -0.370 e. The van der Waals surface area contributed by atoms with E-state index in [1.54, 1.807) is 0 Å². The zero-order valence-corrected chi connectivity index (χ0v) is 24.5. The van der Waals surface area contributed by atoms with Crippen LogP contribution in [0.1, 0.15) is 40.7 Å². The Labute approximate surface area is 243 Å². The van der Waals surface area contributed by atoms with Gasteiger partial charge >= 0.3 is 0 Å². The molecule has 0 unspecified atom stereocenters. The second-order valence-corrected chi connectivity index (χ2v) is 11.3. The Morgan fingerprint density at radius 1 is 1.13 bits per heavy atom. The lowest BCUT2D eigenvalue weighted by molar-refractivity contribution is -0.132. The number of nitrogens with two attached hydrogens (primary N) is 1. The average molecular weight is 641 g/mol. The molecule has 0 aromatic heterocycles. The van der Waals surface area contributed by atoms with E-state index < -0.39 is 0 Å². The van der Waals surface area contributed by atoms with Crippen LogP contribution in [0.15, 0.2) is 60.7 Å². The van der Waals surface area contributed by atoms with Crippen molar-refractivity contribution in [3.63, 3.8) is 0 Å². The van der Waals surface area contributed by atoms with Gasteiger partial charge in [0.15, 0.2) is 5.96 Å². The normalized spacial score (nSPS) is 17.6. The number of carbonyl (C=O) groups excluding carboxylic acids is 2. The summed E-state index contributed by atoms with van der Waals surface area (Å²) in [6.45, 7) is 4.34. The molecule has 4 rings (SSSR count). The lowest BCUT2D eigenvalue weighted by atomic mass is 10.1. The fourth-order valence-electron chi connectivity index (χ4n) is 4.96. The molecule has 0 spiro atoms. The number of halogens is 1. The van der Waals surface area contributed by atoms with Crippen LogP contribution in [0.3, 0.4) is 0 Å². The number of fused-ring (bicyclic) bond motifs is 1. The van der Waals surface area contributed by atoms with Crippen LogP contribution in [0.5, 0.6) is 0 Å². The van der Waals surface area contributed by atoms with Crippen molar-refractivity contribution < 1.29 is 9.59 Å². The minimum atomic E-state index is -0.360. The largest absolute Gasteiger partial charge is 0.370 e. The van der Waals surface area contributed by atoms with Gasteiger partial charge in [0.05, 0.1) is 6.04 Å². The highest BCUT2D eigenvalue weighted by Crippen LogP contribution is 2.18. The summed E-state index contributed by atoms with van der Waals surface area (Å²) in [5, 5.41) is 18.9. The molecule has 1 fully saturated rings. The molecule has 1 aliphatic rings. The summed E-state index contributed by atoms with van der Waals surface area (Å²) in [6, 6.07) is 19.7. The van der Waals surface area contributed by atoms with E-state index >= 15 is 0 Å². The summed E-state index contributed by atoms with van der Waals surface area (Å²) in [4.78, 5) is 28.5. The second-order valence-electron chi connectivity index (χ2n) is 10.1. The minimum absolute atomic E-state index is 0.0337. The predicted octanol–water partition coefficient (Wildman–Crippen LogP) is 3.55. The van der Waals surface area contributed by atoms with Crippen LogP contribution in [0.4, 0.5) is 0 Å². The average Bonchev–Trinajstić information content (AvgIpc) is 3.07. The Balaban J connectivity index is 1.40. The molecule has 1 heterocycles. The summed E-state index contributed by atoms with van der Waals surface area (Å²) in [6.07, 6.45) is 2.86. The van der Waals surface area contributed by atoms with Crippen molar-refractivity contribution in [1.29, 1.82) is 5.41 Å². The number of guanidine groups is 1. The van der Waals surface area contributed by atoms with Gasteiger partial charge in [0.1, 0.15) is 0 Å². The van der Waals surface area contributed by atoms with Crippen LogP contribution in [0, 0.1) is 15.9 Å². The summed E-state index contributed by atoms with van der Waals surface area (Å²) in [7, 11) is 0. The van der Waals surface area contributed by atoms with E-state index in [2.05, 4.69) is 63.7 Å². The van der Waals surface area contributed by atoms with Crippen molar-refractivity contribution in [3.8, 4) is 0 Å². The number of nitrogens with one attached hydrogen (secondary N) is 4. The predicted molar refractivity (Wildman–Crippen MR) is 165 cm³/mol. The fourth-order valence-corrected chi connectivity index (χ4v) is 5.90. The van der Waals surface area contributed by atoms with Crippen molar-refractivity contribution in [2.24, 2.45) is 5.73 Å². The third kappa shape index (κ3) is 8.15. The number of amides is 2. The Kier molecular flexibility index (Phi) is 10.2. The van der Waals surface area contributed by atoms with Crippen molar-refractivity contribution >= 4 is 51.1 Å². The van der Waals surface area contributed by atoms with Crippen LogP contribution in [-0.2, 0) is 11.2 Å². The quantitative estimate of drug-likeness (QED) is 0.100. The highest BCUT2D eigenvalue weighted by Gasteiger charge is 2.30. The van der Waals surface area contributed by atoms with Crippen LogP contribution in [0.25, 0.3) is 10.8 Å². The van der Waals surface area contributed by atoms with Gasteiger partial charge in [-0.1, -0.05) is 48.0 Å². The summed E-state index contributed by atoms with van der Waals surface area (Å²) in [5.74, 6) is -0.104. The third-order valence-electron chi connectivity index (χ3n) is 7.16. The van der Waals surface area contributed by atoms with E-state index in [0.29, 0.717) is 44.6 Å². The Morgan fingerprint density at radius 2 is 1.92 bits per heavy atom. The van der Waals surface area contributed by atoms with Gasteiger partial charge in [0.25, 0.3) is 5.91 Å². The summed E-state index contributed by atoms with van der Waals surface area (Å²) < 4.78 is 1.22. The lowest BCUT2D eigenvalue weighted by Crippen LogP contribution is -2.49. The molecular weight excluding hydrogens is 603 g/mol. The molecule has 1 aliphatic heterocycles. The van der Waals surface area contributed by atoms with Gasteiger partial charge in [-0.05, 0) is 89.7 Å². The number of hydrogen-bond acceptors (Lipinski definition) is 4. The van der Waals surface area contributed by atoms with Gasteiger partial charge in [-0.15, -0.1) is 0 Å². The standard InChI is InChI=1S/C30H37IN6O2/c1-20-8-9-22(26(31)17-20)12-15-37-16-13-25(36-27(29(37)39)7-4-14-34-30(32)33)19-35-28(38)24-11-10-21-5-2-3-6-23(21)18-24/h2-3,5-6,8-11,17-18,25,27,36H,4,7,12-16,19H2,1H3,(H,35,38)(H4,32,33,34)/t25-,27-/m0/s1. The first kappa shape index (κ1) is 28.8. The van der Waals surface area contributed by atoms with Crippen molar-refractivity contribution in [2.75, 3.05) is 26.2 Å². The monoisotopic (exact) mass is 640 g/mol. The molecule has 206 valence electrons. The summed E-state index contributed by atoms with van der Waals surface area (Å²) >= 11 is 2.36. The van der Waals surface area contributed by atoms with Gasteiger partial charge in [0, 0.05) is 41.4 Å². The number of carbonyl (C=O) groups is 2. The highest BCUT2D eigenvalue weighted by molar-refractivity contribution is 14.1. The lowest BCUT2D eigenvalue weighted by Gasteiger charge is -2.25. The molecule has 2 atom stereocenters. The number of nitrogens with zero attached hydrogens (tertiary/aromatic N) is 1. The smallest absolute Gasteiger partial charge is 0.251 e. The van der Waals surface area contributed by atoms with E-state index in [1.165, 1.54) is 14.7 Å². The highest BCUT2D eigenvalue weighted by atomic mass is 127. The van der Waals surface area contributed by atoms with E-state index in [-0.39, 0.29) is 29.9 Å². The first-order chi connectivity index (χ1) is 18.8. The van der Waals surface area contributed by atoms with Crippen molar-refractivity contribution in [2.45, 2.75) is 44.7 Å². The van der Waals surface area contributed by atoms with Crippen LogP contribution < -0.4 is 21.7 Å². The molecule has 1 saturated heterocycles. The molecule has 0 radical (unpaired) electrons.